The van der Waals surface area contributed by atoms with E-state index < -0.39 is 0 Å². The van der Waals surface area contributed by atoms with Gasteiger partial charge in [0, 0.05) is 24.3 Å². The maximum Gasteiger partial charge on any atom is 0.244 e. The van der Waals surface area contributed by atoms with E-state index in [1.54, 1.807) is 23.1 Å². The maximum atomic E-state index is 6.00. The second-order valence-electron chi connectivity index (χ2n) is 6.46. The molecule has 0 radical (unpaired) electrons. The third-order valence-electron chi connectivity index (χ3n) is 4.09. The number of anilines is 1. The summed E-state index contributed by atoms with van der Waals surface area (Å²) in [5.74, 6) is 1.16. The van der Waals surface area contributed by atoms with E-state index in [0.29, 0.717) is 29.2 Å². The van der Waals surface area contributed by atoms with Crippen molar-refractivity contribution >= 4 is 11.6 Å². The second kappa shape index (κ2) is 6.67. The zero-order valence-electron chi connectivity index (χ0n) is 14.4. The van der Waals surface area contributed by atoms with Crippen LogP contribution < -0.4 is 15.4 Å². The van der Waals surface area contributed by atoms with E-state index in [4.69, 9.17) is 4.74 Å². The van der Waals surface area contributed by atoms with Crippen LogP contribution >= 0.6 is 0 Å². The molecule has 1 fully saturated rings. The van der Waals surface area contributed by atoms with Crippen LogP contribution in [0, 0.1) is 0 Å². The lowest BCUT2D eigenvalue weighted by molar-refractivity contribution is 0.227. The van der Waals surface area contributed by atoms with Crippen LogP contribution in [0.5, 0.6) is 5.88 Å². The topological polar surface area (TPSA) is 105 Å². The van der Waals surface area contributed by atoms with Crippen LogP contribution in [0.2, 0.25) is 0 Å². The highest BCUT2D eigenvalue weighted by Crippen LogP contribution is 2.28. The summed E-state index contributed by atoms with van der Waals surface area (Å²) in [5.41, 5.74) is 2.18. The fourth-order valence-electron chi connectivity index (χ4n) is 2.96. The van der Waals surface area contributed by atoms with Crippen LogP contribution in [0.3, 0.4) is 0 Å². The molecule has 0 bridgehead atoms. The minimum atomic E-state index is -0.0128. The van der Waals surface area contributed by atoms with Crippen LogP contribution in [-0.2, 0) is 0 Å². The molecule has 1 aliphatic rings. The van der Waals surface area contributed by atoms with Gasteiger partial charge in [-0.1, -0.05) is 0 Å². The number of fused-ring (bicyclic) bond motifs is 1. The zero-order chi connectivity index (χ0) is 17.2. The van der Waals surface area contributed by atoms with Gasteiger partial charge in [-0.05, 0) is 33.2 Å². The maximum absolute atomic E-state index is 6.00. The van der Waals surface area contributed by atoms with Gasteiger partial charge in [0.05, 0.1) is 18.5 Å². The first kappa shape index (κ1) is 15.8. The monoisotopic (exact) mass is 342 g/mol. The summed E-state index contributed by atoms with van der Waals surface area (Å²) in [6.45, 7) is 5.94. The molecule has 4 heterocycles. The van der Waals surface area contributed by atoms with Gasteiger partial charge in [-0.2, -0.15) is 14.6 Å². The number of nitrogens with one attached hydrogen (secondary N) is 3. The first-order valence-corrected chi connectivity index (χ1v) is 8.59. The molecular weight excluding hydrogens is 320 g/mol. The Morgan fingerprint density at radius 1 is 1.36 bits per heavy atom. The molecule has 0 aromatic carbocycles. The van der Waals surface area contributed by atoms with E-state index in [0.717, 1.165) is 31.5 Å². The van der Waals surface area contributed by atoms with Crippen molar-refractivity contribution in [3.05, 3.63) is 18.6 Å². The largest absolute Gasteiger partial charge is 0.473 e. The molecule has 3 N–H and O–H groups in total. The van der Waals surface area contributed by atoms with E-state index in [9.17, 15) is 0 Å². The molecule has 1 saturated heterocycles. The summed E-state index contributed by atoms with van der Waals surface area (Å²) in [5, 5.41) is 18.2. The predicted molar refractivity (Wildman–Crippen MR) is 93.6 cm³/mol. The van der Waals surface area contributed by atoms with Crippen LogP contribution in [0.15, 0.2) is 18.6 Å². The SMILES string of the molecule is CC(C)Oc1c(-c2cn[nH]c2)ncc2nc(N[C@@H]3CCCNC3)nn12. The van der Waals surface area contributed by atoms with Gasteiger partial charge < -0.3 is 15.4 Å². The number of hydrogen-bond donors (Lipinski definition) is 3. The minimum Gasteiger partial charge on any atom is -0.473 e. The molecule has 3 aromatic heterocycles. The Bertz CT molecular complexity index is 835. The molecule has 1 atom stereocenters. The van der Waals surface area contributed by atoms with Crippen LogP contribution in [-0.4, -0.2) is 55.0 Å². The summed E-state index contributed by atoms with van der Waals surface area (Å²) in [4.78, 5) is 9.06. The van der Waals surface area contributed by atoms with Gasteiger partial charge in [0.2, 0.25) is 11.8 Å². The van der Waals surface area contributed by atoms with Gasteiger partial charge in [-0.25, -0.2) is 4.98 Å². The first-order valence-electron chi connectivity index (χ1n) is 8.59. The number of aromatic amines is 1. The second-order valence-corrected chi connectivity index (χ2v) is 6.46. The fraction of sp³-hybridized carbons (Fsp3) is 0.500. The predicted octanol–water partition coefficient (Wildman–Crippen LogP) is 1.47. The van der Waals surface area contributed by atoms with Crippen LogP contribution in [0.4, 0.5) is 5.95 Å². The van der Waals surface area contributed by atoms with Gasteiger partial charge >= 0.3 is 0 Å². The molecule has 0 amide bonds. The molecule has 9 heteroatoms. The highest BCUT2D eigenvalue weighted by Gasteiger charge is 2.20. The van der Waals surface area contributed by atoms with Crippen molar-refractivity contribution in [1.29, 1.82) is 0 Å². The van der Waals surface area contributed by atoms with E-state index in [2.05, 4.69) is 35.9 Å². The third-order valence-corrected chi connectivity index (χ3v) is 4.09. The normalized spacial score (nSPS) is 18.0. The van der Waals surface area contributed by atoms with Gasteiger partial charge in [0.25, 0.3) is 0 Å². The Morgan fingerprint density at radius 2 is 2.28 bits per heavy atom. The van der Waals surface area contributed by atoms with Crippen molar-refractivity contribution in [2.45, 2.75) is 38.8 Å². The van der Waals surface area contributed by atoms with Gasteiger partial charge in [0.15, 0.2) is 5.65 Å². The number of aromatic nitrogens is 6. The molecule has 132 valence electrons. The van der Waals surface area contributed by atoms with Gasteiger partial charge in [0.1, 0.15) is 5.69 Å². The van der Waals surface area contributed by atoms with E-state index in [1.165, 1.54) is 0 Å². The summed E-state index contributed by atoms with van der Waals surface area (Å²) in [6, 6.07) is 0.335. The molecule has 0 unspecified atom stereocenters. The highest BCUT2D eigenvalue weighted by atomic mass is 16.5. The number of hydrogen-bond acceptors (Lipinski definition) is 7. The molecule has 0 saturated carbocycles. The minimum absolute atomic E-state index is 0.0128. The number of rotatable bonds is 5. The standard InChI is InChI=1S/C16H22N8O/c1-10(2)25-15-14(11-6-19-20-7-11)18-9-13-22-16(23-24(13)15)21-12-4-3-5-17-8-12/h6-7,9-10,12,17H,3-5,8H2,1-2H3,(H,19,20)(H,21,23)/t12-/m1/s1. The molecule has 1 aliphatic heterocycles. The van der Waals surface area contributed by atoms with E-state index in [-0.39, 0.29) is 6.10 Å². The highest BCUT2D eigenvalue weighted by molar-refractivity contribution is 5.65. The first-order chi connectivity index (χ1) is 12.2. The van der Waals surface area contributed by atoms with Gasteiger partial charge in [-0.15, -0.1) is 5.10 Å². The van der Waals surface area contributed by atoms with Gasteiger partial charge in [-0.3, -0.25) is 5.10 Å². The Hall–Kier alpha value is -2.68. The average molecular weight is 342 g/mol. The van der Waals surface area contributed by atoms with Crippen molar-refractivity contribution in [3.63, 3.8) is 0 Å². The van der Waals surface area contributed by atoms with Crippen molar-refractivity contribution < 1.29 is 4.74 Å². The summed E-state index contributed by atoms with van der Waals surface area (Å²) >= 11 is 0. The van der Waals surface area contributed by atoms with Crippen molar-refractivity contribution in [1.82, 2.24) is 35.1 Å². The Morgan fingerprint density at radius 3 is 3.00 bits per heavy atom. The number of H-pyrrole nitrogens is 1. The lowest BCUT2D eigenvalue weighted by Crippen LogP contribution is -2.38. The Labute approximate surface area is 145 Å². The zero-order valence-corrected chi connectivity index (χ0v) is 14.4. The molecular formula is C16H22N8O. The van der Waals surface area contributed by atoms with Crippen molar-refractivity contribution in [3.8, 4) is 17.1 Å². The van der Waals surface area contributed by atoms with E-state index >= 15 is 0 Å². The molecule has 0 spiro atoms. The van der Waals surface area contributed by atoms with Crippen LogP contribution in [0.25, 0.3) is 16.9 Å². The average Bonchev–Trinajstić information content (AvgIpc) is 3.25. The van der Waals surface area contributed by atoms with Crippen molar-refractivity contribution in [2.24, 2.45) is 0 Å². The number of nitrogens with zero attached hydrogens (tertiary/aromatic N) is 5. The lowest BCUT2D eigenvalue weighted by atomic mass is 10.1. The van der Waals surface area contributed by atoms with E-state index in [1.807, 2.05) is 13.8 Å². The quantitative estimate of drug-likeness (QED) is 0.645. The number of ether oxygens (including phenoxy) is 1. The smallest absolute Gasteiger partial charge is 0.244 e. The molecule has 4 rings (SSSR count). The van der Waals surface area contributed by atoms with Crippen molar-refractivity contribution in [2.75, 3.05) is 18.4 Å². The number of piperidine rings is 1. The molecule has 0 aliphatic carbocycles. The summed E-state index contributed by atoms with van der Waals surface area (Å²) in [6.07, 6.45) is 7.44. The fourth-order valence-corrected chi connectivity index (χ4v) is 2.96. The Balaban J connectivity index is 1.72. The van der Waals surface area contributed by atoms with Crippen LogP contribution in [0.1, 0.15) is 26.7 Å². The summed E-state index contributed by atoms with van der Waals surface area (Å²) < 4.78 is 7.70. The lowest BCUT2D eigenvalue weighted by Gasteiger charge is -2.22. The third kappa shape index (κ3) is 3.27. The molecule has 3 aromatic rings. The Kier molecular flexibility index (Phi) is 4.22. The summed E-state index contributed by atoms with van der Waals surface area (Å²) in [7, 11) is 0. The molecule has 9 nitrogen and oxygen atoms in total. The molecule has 25 heavy (non-hydrogen) atoms.